The average molecular weight is 315 g/mol. The number of nitro benzene ring substituents is 1. The van der Waals surface area contributed by atoms with Gasteiger partial charge in [-0.15, -0.1) is 0 Å². The number of carbonyl (C=O) groups is 2. The van der Waals surface area contributed by atoms with Gasteiger partial charge in [0.2, 0.25) is 0 Å². The van der Waals surface area contributed by atoms with Crippen molar-refractivity contribution in [2.45, 2.75) is 38.7 Å². The summed E-state index contributed by atoms with van der Waals surface area (Å²) in [5, 5.41) is 10.6. The van der Waals surface area contributed by atoms with E-state index in [4.69, 9.17) is 4.74 Å². The molecule has 1 aromatic carbocycles. The van der Waals surface area contributed by atoms with Gasteiger partial charge in [0.05, 0.1) is 10.5 Å². The van der Waals surface area contributed by atoms with Gasteiger partial charge in [-0.2, -0.15) is 0 Å². The van der Waals surface area contributed by atoms with Crippen molar-refractivity contribution >= 4 is 17.4 Å². The summed E-state index contributed by atoms with van der Waals surface area (Å²) < 4.78 is 5.64. The molecule has 2 aliphatic carbocycles. The number of nitro groups is 1. The number of fused-ring (bicyclic) bond motifs is 1. The van der Waals surface area contributed by atoms with Crippen LogP contribution in [0.25, 0.3) is 0 Å². The van der Waals surface area contributed by atoms with Crippen molar-refractivity contribution in [2.24, 2.45) is 5.41 Å². The molecule has 0 amide bonds. The summed E-state index contributed by atoms with van der Waals surface area (Å²) in [4.78, 5) is 34.0. The first-order valence-electron chi connectivity index (χ1n) is 7.59. The maximum Gasteiger partial charge on any atom is 0.338 e. The Kier molecular flexibility index (Phi) is 3.75. The first-order chi connectivity index (χ1) is 10.9. The van der Waals surface area contributed by atoms with Crippen molar-refractivity contribution in [3.8, 4) is 0 Å². The number of hydrogen-bond acceptors (Lipinski definition) is 5. The van der Waals surface area contributed by atoms with Gasteiger partial charge >= 0.3 is 5.97 Å². The third kappa shape index (κ3) is 2.76. The van der Waals surface area contributed by atoms with Gasteiger partial charge in [0.15, 0.2) is 5.78 Å². The highest BCUT2D eigenvalue weighted by Gasteiger charge is 2.47. The van der Waals surface area contributed by atoms with E-state index < -0.39 is 10.9 Å². The van der Waals surface area contributed by atoms with Crippen LogP contribution >= 0.6 is 0 Å². The molecule has 0 bridgehead atoms. The first kappa shape index (κ1) is 15.4. The molecule has 3 rings (SSSR count). The van der Waals surface area contributed by atoms with Crippen LogP contribution in [0.3, 0.4) is 0 Å². The van der Waals surface area contributed by atoms with Crippen LogP contribution in [0.5, 0.6) is 0 Å². The molecule has 1 saturated carbocycles. The normalized spacial score (nSPS) is 26.4. The molecule has 0 radical (unpaired) electrons. The molecule has 0 unspecified atom stereocenters. The monoisotopic (exact) mass is 315 g/mol. The fraction of sp³-hybridized carbons (Fsp3) is 0.412. The van der Waals surface area contributed by atoms with Crippen LogP contribution in [0.1, 0.15) is 43.0 Å². The van der Waals surface area contributed by atoms with Gasteiger partial charge in [0.25, 0.3) is 5.69 Å². The minimum Gasteiger partial charge on any atom is -0.458 e. The Hall–Kier alpha value is -2.50. The fourth-order valence-corrected chi connectivity index (χ4v) is 3.41. The van der Waals surface area contributed by atoms with Gasteiger partial charge in [-0.1, -0.05) is 12.5 Å². The lowest BCUT2D eigenvalue weighted by Gasteiger charge is -2.34. The zero-order chi connectivity index (χ0) is 16.6. The lowest BCUT2D eigenvalue weighted by molar-refractivity contribution is -0.384. The largest absolute Gasteiger partial charge is 0.458 e. The van der Waals surface area contributed by atoms with Gasteiger partial charge in [-0.25, -0.2) is 4.79 Å². The zero-order valence-electron chi connectivity index (χ0n) is 12.8. The topological polar surface area (TPSA) is 86.5 Å². The molecular weight excluding hydrogens is 298 g/mol. The van der Waals surface area contributed by atoms with Crippen molar-refractivity contribution < 1.29 is 19.2 Å². The van der Waals surface area contributed by atoms with Crippen molar-refractivity contribution in [3.63, 3.8) is 0 Å². The van der Waals surface area contributed by atoms with Gasteiger partial charge in [0.1, 0.15) is 6.10 Å². The second kappa shape index (κ2) is 5.61. The van der Waals surface area contributed by atoms with E-state index in [0.29, 0.717) is 24.8 Å². The zero-order valence-corrected chi connectivity index (χ0v) is 12.8. The Labute approximate surface area is 133 Å². The molecule has 6 nitrogen and oxygen atoms in total. The number of non-ortho nitro benzene ring substituents is 1. The highest BCUT2D eigenvalue weighted by Crippen LogP contribution is 2.50. The van der Waals surface area contributed by atoms with Crippen LogP contribution < -0.4 is 0 Å². The van der Waals surface area contributed by atoms with E-state index in [0.717, 1.165) is 12.0 Å². The number of ether oxygens (including phenoxy) is 1. The SMILES string of the molecule is C[C@]12CCC(=O)C=C1CC[C@H]2OC(=O)c1ccc([N+](=O)[O-])cc1. The molecule has 0 heterocycles. The van der Waals surface area contributed by atoms with Gasteiger partial charge < -0.3 is 4.74 Å². The van der Waals surface area contributed by atoms with Crippen molar-refractivity contribution in [2.75, 3.05) is 0 Å². The van der Waals surface area contributed by atoms with Crippen molar-refractivity contribution in [1.82, 2.24) is 0 Å². The molecule has 2 atom stereocenters. The third-order valence-electron chi connectivity index (χ3n) is 4.91. The summed E-state index contributed by atoms with van der Waals surface area (Å²) in [6.07, 6.45) is 4.07. The fourth-order valence-electron chi connectivity index (χ4n) is 3.41. The lowest BCUT2D eigenvalue weighted by atomic mass is 9.74. The van der Waals surface area contributed by atoms with Crippen LogP contribution in [0.2, 0.25) is 0 Å². The molecule has 1 fully saturated rings. The van der Waals surface area contributed by atoms with Crippen molar-refractivity contribution in [1.29, 1.82) is 0 Å². The van der Waals surface area contributed by atoms with Crippen LogP contribution in [-0.2, 0) is 9.53 Å². The molecule has 0 N–H and O–H groups in total. The summed E-state index contributed by atoms with van der Waals surface area (Å²) in [5.74, 6) is -0.343. The minimum absolute atomic E-state index is 0.0645. The molecule has 0 aliphatic heterocycles. The number of benzene rings is 1. The van der Waals surface area contributed by atoms with Crippen LogP contribution in [0, 0.1) is 15.5 Å². The Balaban J connectivity index is 1.74. The van der Waals surface area contributed by atoms with Crippen LogP contribution in [0.15, 0.2) is 35.9 Å². The molecular formula is C17H17NO5. The number of hydrogen-bond donors (Lipinski definition) is 0. The molecule has 0 saturated heterocycles. The smallest absolute Gasteiger partial charge is 0.338 e. The number of ketones is 1. The number of carbonyl (C=O) groups excluding carboxylic acids is 2. The van der Waals surface area contributed by atoms with Crippen LogP contribution in [0.4, 0.5) is 5.69 Å². The van der Waals surface area contributed by atoms with E-state index >= 15 is 0 Å². The lowest BCUT2D eigenvalue weighted by Crippen LogP contribution is -2.35. The number of rotatable bonds is 3. The van der Waals surface area contributed by atoms with E-state index in [2.05, 4.69) is 0 Å². The Bertz CT molecular complexity index is 706. The van der Waals surface area contributed by atoms with E-state index in [1.807, 2.05) is 6.92 Å². The second-order valence-corrected chi connectivity index (χ2v) is 6.29. The molecule has 1 aromatic rings. The van der Waals surface area contributed by atoms with Gasteiger partial charge in [-0.05, 0) is 37.5 Å². The van der Waals surface area contributed by atoms with E-state index in [9.17, 15) is 19.7 Å². The van der Waals surface area contributed by atoms with E-state index in [-0.39, 0.29) is 23.0 Å². The van der Waals surface area contributed by atoms with E-state index in [1.54, 1.807) is 6.08 Å². The first-order valence-corrected chi connectivity index (χ1v) is 7.59. The summed E-state index contributed by atoms with van der Waals surface area (Å²) in [6, 6.07) is 5.38. The summed E-state index contributed by atoms with van der Waals surface area (Å²) >= 11 is 0. The maximum absolute atomic E-state index is 12.3. The number of allylic oxidation sites excluding steroid dienone is 1. The molecule has 23 heavy (non-hydrogen) atoms. The highest BCUT2D eigenvalue weighted by atomic mass is 16.6. The molecule has 6 heteroatoms. The standard InChI is InChI=1S/C17H17NO5/c1-17-9-8-14(19)10-12(17)4-7-15(17)23-16(20)11-2-5-13(6-3-11)18(21)22/h2-3,5-6,10,15H,4,7-9H2,1H3/t15-,17+/m1/s1. The van der Waals surface area contributed by atoms with E-state index in [1.165, 1.54) is 24.3 Å². The van der Waals surface area contributed by atoms with Crippen molar-refractivity contribution in [3.05, 3.63) is 51.6 Å². The number of nitrogens with zero attached hydrogens (tertiary/aromatic N) is 1. The quantitative estimate of drug-likeness (QED) is 0.485. The van der Waals surface area contributed by atoms with Gasteiger partial charge in [-0.3, -0.25) is 14.9 Å². The second-order valence-electron chi connectivity index (χ2n) is 6.29. The highest BCUT2D eigenvalue weighted by molar-refractivity contribution is 5.92. The molecule has 0 spiro atoms. The summed E-state index contributed by atoms with van der Waals surface area (Å²) in [6.45, 7) is 2.03. The Morgan fingerprint density at radius 3 is 2.65 bits per heavy atom. The Morgan fingerprint density at radius 1 is 1.30 bits per heavy atom. The maximum atomic E-state index is 12.3. The Morgan fingerprint density at radius 2 is 2.00 bits per heavy atom. The predicted molar refractivity (Wildman–Crippen MR) is 82.0 cm³/mol. The third-order valence-corrected chi connectivity index (χ3v) is 4.91. The van der Waals surface area contributed by atoms with Gasteiger partial charge in [0, 0.05) is 24.0 Å². The average Bonchev–Trinajstić information content (AvgIpc) is 2.84. The predicted octanol–water partition coefficient (Wildman–Crippen LogP) is 3.21. The number of esters is 1. The molecule has 120 valence electrons. The summed E-state index contributed by atoms with van der Waals surface area (Å²) in [7, 11) is 0. The summed E-state index contributed by atoms with van der Waals surface area (Å²) in [5.41, 5.74) is 1.02. The molecule has 0 aromatic heterocycles. The minimum atomic E-state index is -0.511. The van der Waals surface area contributed by atoms with Crippen LogP contribution in [-0.4, -0.2) is 22.8 Å². The molecule has 2 aliphatic rings.